The highest BCUT2D eigenvalue weighted by Crippen LogP contribution is 2.49. The Morgan fingerprint density at radius 2 is 1.94 bits per heavy atom. The molecule has 2 aliphatic heterocycles. The summed E-state index contributed by atoms with van der Waals surface area (Å²) in [5, 5.41) is 12.6. The van der Waals surface area contributed by atoms with E-state index in [1.54, 1.807) is 0 Å². The zero-order valence-corrected chi connectivity index (χ0v) is 10.8. The van der Waals surface area contributed by atoms with Crippen LogP contribution in [0.25, 0.3) is 0 Å². The molecule has 1 saturated carbocycles. The maximum atomic E-state index is 8.88. The second-order valence-corrected chi connectivity index (χ2v) is 6.51. The van der Waals surface area contributed by atoms with Crippen LogP contribution < -0.4 is 5.32 Å². The van der Waals surface area contributed by atoms with Crippen LogP contribution in [0.2, 0.25) is 0 Å². The molecule has 3 aliphatic rings. The fourth-order valence-electron chi connectivity index (χ4n) is 3.78. The van der Waals surface area contributed by atoms with Gasteiger partial charge in [-0.1, -0.05) is 0 Å². The molecule has 3 fully saturated rings. The molecule has 1 N–H and O–H groups in total. The van der Waals surface area contributed by atoms with Crippen LogP contribution in [0.5, 0.6) is 0 Å². The maximum absolute atomic E-state index is 8.88. The summed E-state index contributed by atoms with van der Waals surface area (Å²) >= 11 is 0. The lowest BCUT2D eigenvalue weighted by atomic mass is 9.96. The Kier molecular flexibility index (Phi) is 2.88. The SMILES string of the molecule is CN(CC1(CC#N)CC1)C1CC2CCC(C1)N2. The molecule has 17 heavy (non-hydrogen) atoms. The van der Waals surface area contributed by atoms with E-state index in [0.717, 1.165) is 31.1 Å². The van der Waals surface area contributed by atoms with Crippen molar-refractivity contribution in [1.29, 1.82) is 5.26 Å². The molecule has 0 radical (unpaired) electrons. The second-order valence-electron chi connectivity index (χ2n) is 6.51. The lowest BCUT2D eigenvalue weighted by molar-refractivity contribution is 0.145. The predicted octanol–water partition coefficient (Wildman–Crippen LogP) is 1.90. The molecule has 2 saturated heterocycles. The quantitative estimate of drug-likeness (QED) is 0.806. The second kappa shape index (κ2) is 4.26. The number of rotatable bonds is 4. The third-order valence-corrected chi connectivity index (χ3v) is 5.07. The van der Waals surface area contributed by atoms with Gasteiger partial charge in [0.1, 0.15) is 0 Å². The van der Waals surface area contributed by atoms with Crippen LogP contribution in [0.3, 0.4) is 0 Å². The van der Waals surface area contributed by atoms with E-state index in [4.69, 9.17) is 5.26 Å². The van der Waals surface area contributed by atoms with Gasteiger partial charge in [-0.15, -0.1) is 0 Å². The number of piperidine rings is 1. The number of nitriles is 1. The van der Waals surface area contributed by atoms with Crippen molar-refractivity contribution in [2.75, 3.05) is 13.6 Å². The van der Waals surface area contributed by atoms with Crippen molar-refractivity contribution in [3.63, 3.8) is 0 Å². The van der Waals surface area contributed by atoms with Crippen LogP contribution in [0.4, 0.5) is 0 Å². The molecule has 3 heteroatoms. The van der Waals surface area contributed by atoms with Crippen molar-refractivity contribution in [1.82, 2.24) is 10.2 Å². The highest BCUT2D eigenvalue weighted by Gasteiger charge is 2.45. The molecule has 2 unspecified atom stereocenters. The molecular weight excluding hydrogens is 210 g/mol. The standard InChI is InChI=1S/C14H23N3/c1-17(10-14(4-5-14)6-7-15)13-8-11-2-3-12(9-13)16-11/h11-13,16H,2-6,8-10H2,1H3. The average Bonchev–Trinajstić information content (AvgIpc) is 2.98. The van der Waals surface area contributed by atoms with Crippen LogP contribution in [0, 0.1) is 16.7 Å². The predicted molar refractivity (Wildman–Crippen MR) is 67.5 cm³/mol. The van der Waals surface area contributed by atoms with Crippen LogP contribution in [-0.4, -0.2) is 36.6 Å². The Morgan fingerprint density at radius 3 is 2.47 bits per heavy atom. The minimum absolute atomic E-state index is 0.368. The normalized spacial score (nSPS) is 38.1. The topological polar surface area (TPSA) is 39.1 Å². The van der Waals surface area contributed by atoms with E-state index in [1.165, 1.54) is 38.5 Å². The van der Waals surface area contributed by atoms with Crippen molar-refractivity contribution in [3.05, 3.63) is 0 Å². The van der Waals surface area contributed by atoms with Crippen LogP contribution >= 0.6 is 0 Å². The van der Waals surface area contributed by atoms with Gasteiger partial charge in [-0.2, -0.15) is 5.26 Å². The lowest BCUT2D eigenvalue weighted by Gasteiger charge is -2.37. The summed E-state index contributed by atoms with van der Waals surface area (Å²) in [6.07, 6.45) is 8.67. The summed E-state index contributed by atoms with van der Waals surface area (Å²) in [7, 11) is 2.27. The molecule has 0 aromatic heterocycles. The van der Waals surface area contributed by atoms with Crippen LogP contribution in [-0.2, 0) is 0 Å². The maximum Gasteiger partial charge on any atom is 0.0628 e. The van der Waals surface area contributed by atoms with E-state index in [2.05, 4.69) is 23.3 Å². The van der Waals surface area contributed by atoms with Gasteiger partial charge >= 0.3 is 0 Å². The number of nitrogens with zero attached hydrogens (tertiary/aromatic N) is 2. The third kappa shape index (κ3) is 2.34. The largest absolute Gasteiger partial charge is 0.311 e. The molecule has 0 aromatic carbocycles. The van der Waals surface area contributed by atoms with E-state index >= 15 is 0 Å². The number of fused-ring (bicyclic) bond motifs is 2. The molecule has 0 aromatic rings. The number of hydrogen-bond acceptors (Lipinski definition) is 3. The van der Waals surface area contributed by atoms with Crippen molar-refractivity contribution >= 4 is 0 Å². The molecule has 2 atom stereocenters. The van der Waals surface area contributed by atoms with Crippen molar-refractivity contribution in [2.45, 2.75) is 63.1 Å². The number of nitrogens with one attached hydrogen (secondary N) is 1. The lowest BCUT2D eigenvalue weighted by Crippen LogP contribution is -2.48. The van der Waals surface area contributed by atoms with Crippen LogP contribution in [0.1, 0.15) is 44.9 Å². The Morgan fingerprint density at radius 1 is 1.29 bits per heavy atom. The van der Waals surface area contributed by atoms with Gasteiger partial charge in [0.25, 0.3) is 0 Å². The molecular formula is C14H23N3. The average molecular weight is 233 g/mol. The zero-order valence-electron chi connectivity index (χ0n) is 10.8. The summed E-state index contributed by atoms with van der Waals surface area (Å²) in [6, 6.07) is 4.67. The zero-order chi connectivity index (χ0) is 11.9. The van der Waals surface area contributed by atoms with E-state index < -0.39 is 0 Å². The highest BCUT2D eigenvalue weighted by molar-refractivity contribution is 5.03. The van der Waals surface area contributed by atoms with E-state index in [1.807, 2.05) is 0 Å². The Balaban J connectivity index is 1.56. The number of hydrogen-bond donors (Lipinski definition) is 1. The fourth-order valence-corrected chi connectivity index (χ4v) is 3.78. The molecule has 2 bridgehead atoms. The minimum atomic E-state index is 0.368. The fraction of sp³-hybridized carbons (Fsp3) is 0.929. The smallest absolute Gasteiger partial charge is 0.0628 e. The van der Waals surface area contributed by atoms with Gasteiger partial charge < -0.3 is 10.2 Å². The molecule has 2 heterocycles. The first-order chi connectivity index (χ1) is 8.21. The summed E-state index contributed by atoms with van der Waals surface area (Å²) in [4.78, 5) is 2.55. The van der Waals surface area contributed by atoms with Gasteiger partial charge in [0, 0.05) is 31.1 Å². The first-order valence-corrected chi connectivity index (χ1v) is 7.04. The van der Waals surface area contributed by atoms with E-state index in [0.29, 0.717) is 5.41 Å². The summed E-state index contributed by atoms with van der Waals surface area (Å²) in [6.45, 7) is 1.14. The Bertz CT molecular complexity index is 317. The molecule has 94 valence electrons. The Labute approximate surface area is 104 Å². The van der Waals surface area contributed by atoms with E-state index in [9.17, 15) is 0 Å². The van der Waals surface area contributed by atoms with Gasteiger partial charge in [0.2, 0.25) is 0 Å². The molecule has 3 nitrogen and oxygen atoms in total. The molecule has 0 amide bonds. The first-order valence-electron chi connectivity index (χ1n) is 7.04. The van der Waals surface area contributed by atoms with Gasteiger partial charge in [0.05, 0.1) is 6.07 Å². The van der Waals surface area contributed by atoms with Crippen molar-refractivity contribution in [3.8, 4) is 6.07 Å². The van der Waals surface area contributed by atoms with Crippen molar-refractivity contribution < 1.29 is 0 Å². The van der Waals surface area contributed by atoms with Gasteiger partial charge in [-0.05, 0) is 51.0 Å². The summed E-state index contributed by atoms with van der Waals surface area (Å²) in [5.41, 5.74) is 0.368. The van der Waals surface area contributed by atoms with Crippen LogP contribution in [0.15, 0.2) is 0 Å². The van der Waals surface area contributed by atoms with E-state index in [-0.39, 0.29) is 0 Å². The highest BCUT2D eigenvalue weighted by atomic mass is 15.2. The molecule has 1 aliphatic carbocycles. The molecule has 0 spiro atoms. The first kappa shape index (κ1) is 11.5. The third-order valence-electron chi connectivity index (χ3n) is 5.07. The minimum Gasteiger partial charge on any atom is -0.311 e. The van der Waals surface area contributed by atoms with Gasteiger partial charge in [-0.3, -0.25) is 0 Å². The molecule has 3 rings (SSSR count). The summed E-state index contributed by atoms with van der Waals surface area (Å²) < 4.78 is 0. The van der Waals surface area contributed by atoms with Gasteiger partial charge in [-0.25, -0.2) is 0 Å². The van der Waals surface area contributed by atoms with Crippen molar-refractivity contribution in [2.24, 2.45) is 5.41 Å². The monoisotopic (exact) mass is 233 g/mol. The van der Waals surface area contributed by atoms with Gasteiger partial charge in [0.15, 0.2) is 0 Å². The Hall–Kier alpha value is -0.590. The summed E-state index contributed by atoms with van der Waals surface area (Å²) in [5.74, 6) is 0.